The van der Waals surface area contributed by atoms with Crippen molar-refractivity contribution in [2.45, 2.75) is 72.8 Å². The van der Waals surface area contributed by atoms with Gasteiger partial charge in [-0.05, 0) is 64.3 Å². The number of nitrogen functional groups attached to an aromatic ring is 1. The number of benzene rings is 1. The maximum Gasteiger partial charge on any atom is 0.298 e. The normalized spacial score (nSPS) is 11.4. The van der Waals surface area contributed by atoms with Crippen molar-refractivity contribution in [3.63, 3.8) is 0 Å². The van der Waals surface area contributed by atoms with Gasteiger partial charge < -0.3 is 19.8 Å². The van der Waals surface area contributed by atoms with Gasteiger partial charge in [0.25, 0.3) is 12.0 Å². The van der Waals surface area contributed by atoms with Crippen LogP contribution >= 0.6 is 0 Å². The standard InChI is InChI=1S/C26H36N2O4/c1-5-6-7-8-15-28-23-17-21(27)12-13-22(23)24(25(26(28)30)32-18-29)31-16-14-20(4)11-9-10-19(2)3/h10,12-14,17-18H,5-9,11,15-16,27H2,1-4H3. The van der Waals surface area contributed by atoms with E-state index in [0.29, 0.717) is 23.1 Å². The lowest BCUT2D eigenvalue weighted by atomic mass is 10.1. The zero-order valence-electron chi connectivity index (χ0n) is 19.8. The third-order valence-corrected chi connectivity index (χ3v) is 5.35. The average molecular weight is 441 g/mol. The van der Waals surface area contributed by atoms with Crippen LogP contribution in [0, 0.1) is 0 Å². The minimum Gasteiger partial charge on any atom is -0.485 e. The first-order valence-electron chi connectivity index (χ1n) is 11.4. The van der Waals surface area contributed by atoms with Gasteiger partial charge in [0.1, 0.15) is 6.61 Å². The van der Waals surface area contributed by atoms with Gasteiger partial charge in [-0.2, -0.15) is 0 Å². The molecule has 174 valence electrons. The SMILES string of the molecule is CCCCCCn1c(=O)c(OC=O)c(OCC=C(C)CCC=C(C)C)c2ccc(N)cc21. The number of hydrogen-bond acceptors (Lipinski definition) is 5. The summed E-state index contributed by atoms with van der Waals surface area (Å²) >= 11 is 0. The van der Waals surface area contributed by atoms with Crippen LogP contribution in [0.15, 0.2) is 46.3 Å². The van der Waals surface area contributed by atoms with Crippen molar-refractivity contribution >= 4 is 23.1 Å². The van der Waals surface area contributed by atoms with E-state index in [4.69, 9.17) is 15.2 Å². The maximum absolute atomic E-state index is 13.2. The number of aromatic nitrogens is 1. The van der Waals surface area contributed by atoms with Crippen molar-refractivity contribution in [2.24, 2.45) is 0 Å². The number of carbonyl (C=O) groups is 1. The summed E-state index contributed by atoms with van der Waals surface area (Å²) in [5.74, 6) is 0.193. The number of allylic oxidation sites excluding steroid dienone is 3. The van der Waals surface area contributed by atoms with Crippen molar-refractivity contribution in [1.82, 2.24) is 4.57 Å². The fraction of sp³-hybridized carbons (Fsp3) is 0.462. The van der Waals surface area contributed by atoms with Crippen LogP contribution in [0.4, 0.5) is 5.69 Å². The third kappa shape index (κ3) is 7.01. The maximum atomic E-state index is 13.2. The van der Waals surface area contributed by atoms with Crippen LogP contribution in [0.2, 0.25) is 0 Å². The van der Waals surface area contributed by atoms with E-state index in [1.54, 1.807) is 16.7 Å². The second kappa shape index (κ2) is 12.7. The number of rotatable bonds is 13. The van der Waals surface area contributed by atoms with Crippen LogP contribution in [0.25, 0.3) is 10.9 Å². The summed E-state index contributed by atoms with van der Waals surface area (Å²) in [4.78, 5) is 24.4. The molecule has 6 nitrogen and oxygen atoms in total. The van der Waals surface area contributed by atoms with Gasteiger partial charge in [-0.25, -0.2) is 0 Å². The molecular weight excluding hydrogens is 404 g/mol. The molecule has 0 aliphatic heterocycles. The van der Waals surface area contributed by atoms with E-state index in [1.807, 2.05) is 12.1 Å². The fourth-order valence-corrected chi connectivity index (χ4v) is 3.59. The molecule has 1 aromatic carbocycles. The smallest absolute Gasteiger partial charge is 0.298 e. The number of anilines is 1. The molecule has 0 amide bonds. The van der Waals surface area contributed by atoms with Crippen LogP contribution in [0.1, 0.15) is 66.2 Å². The van der Waals surface area contributed by atoms with Gasteiger partial charge >= 0.3 is 0 Å². The topological polar surface area (TPSA) is 83.5 Å². The molecule has 0 atom stereocenters. The van der Waals surface area contributed by atoms with E-state index in [-0.39, 0.29) is 30.1 Å². The van der Waals surface area contributed by atoms with Gasteiger partial charge in [-0.3, -0.25) is 9.59 Å². The third-order valence-electron chi connectivity index (χ3n) is 5.35. The number of aryl methyl sites for hydroxylation is 1. The Balaban J connectivity index is 2.39. The molecule has 1 heterocycles. The molecule has 0 saturated heterocycles. The Bertz CT molecular complexity index is 1030. The molecule has 0 spiro atoms. The fourth-order valence-electron chi connectivity index (χ4n) is 3.59. The van der Waals surface area contributed by atoms with Crippen molar-refractivity contribution in [3.8, 4) is 11.5 Å². The summed E-state index contributed by atoms with van der Waals surface area (Å²) in [6.07, 6.45) is 10.2. The Morgan fingerprint density at radius 2 is 1.88 bits per heavy atom. The predicted octanol–water partition coefficient (Wildman–Crippen LogP) is 5.77. The molecule has 1 aromatic heterocycles. The Kier molecular flexibility index (Phi) is 10.1. The first-order valence-corrected chi connectivity index (χ1v) is 11.4. The number of carbonyl (C=O) groups excluding carboxylic acids is 1. The van der Waals surface area contributed by atoms with Crippen molar-refractivity contribution < 1.29 is 14.3 Å². The molecule has 0 aliphatic carbocycles. The van der Waals surface area contributed by atoms with E-state index in [0.717, 1.165) is 38.5 Å². The Labute approximate surface area is 190 Å². The molecule has 0 saturated carbocycles. The quantitative estimate of drug-likeness (QED) is 0.185. The summed E-state index contributed by atoms with van der Waals surface area (Å²) in [6.45, 7) is 9.43. The molecule has 0 unspecified atom stereocenters. The van der Waals surface area contributed by atoms with Gasteiger partial charge in [-0.15, -0.1) is 0 Å². The summed E-state index contributed by atoms with van der Waals surface area (Å²) < 4.78 is 12.7. The van der Waals surface area contributed by atoms with Crippen LogP contribution in [-0.2, 0) is 11.3 Å². The highest BCUT2D eigenvalue weighted by molar-refractivity contribution is 5.90. The number of nitrogens with two attached hydrogens (primary N) is 1. The molecule has 6 heteroatoms. The zero-order chi connectivity index (χ0) is 23.5. The Morgan fingerprint density at radius 3 is 2.56 bits per heavy atom. The number of fused-ring (bicyclic) bond motifs is 1. The Hall–Kier alpha value is -3.02. The van der Waals surface area contributed by atoms with Gasteiger partial charge in [0, 0.05) is 17.6 Å². The van der Waals surface area contributed by atoms with Crippen LogP contribution in [-0.4, -0.2) is 17.6 Å². The first-order chi connectivity index (χ1) is 15.4. The summed E-state index contributed by atoms with van der Waals surface area (Å²) in [5.41, 5.74) is 9.37. The molecule has 0 bridgehead atoms. The van der Waals surface area contributed by atoms with Gasteiger partial charge in [-0.1, -0.05) is 43.4 Å². The number of ether oxygens (including phenoxy) is 2. The van der Waals surface area contributed by atoms with E-state index < -0.39 is 0 Å². The highest BCUT2D eigenvalue weighted by Crippen LogP contribution is 2.34. The predicted molar refractivity (Wildman–Crippen MR) is 131 cm³/mol. The molecular formula is C26H36N2O4. The van der Waals surface area contributed by atoms with Crippen LogP contribution in [0.3, 0.4) is 0 Å². The zero-order valence-corrected chi connectivity index (χ0v) is 19.8. The van der Waals surface area contributed by atoms with E-state index in [1.165, 1.54) is 11.1 Å². The minimum absolute atomic E-state index is 0.0802. The number of nitrogens with zero attached hydrogens (tertiary/aromatic N) is 1. The molecule has 2 rings (SSSR count). The summed E-state index contributed by atoms with van der Waals surface area (Å²) in [5, 5.41) is 0.696. The largest absolute Gasteiger partial charge is 0.485 e. The molecule has 0 radical (unpaired) electrons. The highest BCUT2D eigenvalue weighted by atomic mass is 16.5. The summed E-state index contributed by atoms with van der Waals surface area (Å²) in [6, 6.07) is 5.34. The molecule has 0 aliphatic rings. The van der Waals surface area contributed by atoms with E-state index in [9.17, 15) is 9.59 Å². The van der Waals surface area contributed by atoms with Crippen LogP contribution in [0.5, 0.6) is 11.5 Å². The molecule has 2 N–H and O–H groups in total. The first kappa shape index (κ1) is 25.2. The summed E-state index contributed by atoms with van der Waals surface area (Å²) in [7, 11) is 0. The number of unbranched alkanes of at least 4 members (excludes halogenated alkanes) is 3. The highest BCUT2D eigenvalue weighted by Gasteiger charge is 2.20. The Morgan fingerprint density at radius 1 is 1.09 bits per heavy atom. The van der Waals surface area contributed by atoms with Gasteiger partial charge in [0.15, 0.2) is 5.75 Å². The second-order valence-electron chi connectivity index (χ2n) is 8.35. The molecule has 32 heavy (non-hydrogen) atoms. The van der Waals surface area contributed by atoms with Gasteiger partial charge in [0.05, 0.1) is 5.52 Å². The van der Waals surface area contributed by atoms with Crippen LogP contribution < -0.4 is 20.8 Å². The minimum atomic E-state index is -0.383. The van der Waals surface area contributed by atoms with E-state index in [2.05, 4.69) is 33.8 Å². The van der Waals surface area contributed by atoms with Crippen molar-refractivity contribution in [2.75, 3.05) is 12.3 Å². The lowest BCUT2D eigenvalue weighted by Gasteiger charge is -2.17. The molecule has 2 aromatic rings. The van der Waals surface area contributed by atoms with Crippen molar-refractivity contribution in [3.05, 3.63) is 51.9 Å². The number of hydrogen-bond donors (Lipinski definition) is 1. The average Bonchev–Trinajstić information content (AvgIpc) is 2.74. The van der Waals surface area contributed by atoms with Gasteiger partial charge in [0.2, 0.25) is 5.75 Å². The lowest BCUT2D eigenvalue weighted by Crippen LogP contribution is -2.24. The van der Waals surface area contributed by atoms with Crippen molar-refractivity contribution in [1.29, 1.82) is 0 Å². The van der Waals surface area contributed by atoms with E-state index >= 15 is 0 Å². The monoisotopic (exact) mass is 440 g/mol. The lowest BCUT2D eigenvalue weighted by molar-refractivity contribution is -0.120. The second-order valence-corrected chi connectivity index (χ2v) is 8.35. The molecule has 0 fully saturated rings. The number of pyridine rings is 1.